The minimum Gasteiger partial charge on any atom is -0.483 e. The lowest BCUT2D eigenvalue weighted by Gasteiger charge is -2.32. The second kappa shape index (κ2) is 10.1. The standard InChI is InChI=1S/C24H31N3O3/c1-4-18-7-5-6-8-22(18)30-17-23(28)25-20-13-15-27(16-14-20)24(29)19-9-11-21(12-10-19)26(2)3/h5-12,20H,4,13-17H2,1-3H3,(H,25,28). The number of ether oxygens (including phenoxy) is 1. The molecule has 0 aliphatic carbocycles. The summed E-state index contributed by atoms with van der Waals surface area (Å²) in [5.41, 5.74) is 2.86. The lowest BCUT2D eigenvalue weighted by molar-refractivity contribution is -0.124. The predicted octanol–water partition coefficient (Wildman–Crippen LogP) is 3.11. The first-order valence-corrected chi connectivity index (χ1v) is 10.5. The molecule has 30 heavy (non-hydrogen) atoms. The quantitative estimate of drug-likeness (QED) is 0.763. The van der Waals surface area contributed by atoms with Crippen LogP contribution in [0.3, 0.4) is 0 Å². The van der Waals surface area contributed by atoms with Gasteiger partial charge in [-0.1, -0.05) is 25.1 Å². The van der Waals surface area contributed by atoms with Gasteiger partial charge in [0.1, 0.15) is 5.75 Å². The Morgan fingerprint density at radius 3 is 2.37 bits per heavy atom. The number of anilines is 1. The van der Waals surface area contributed by atoms with Crippen LogP contribution in [-0.2, 0) is 11.2 Å². The smallest absolute Gasteiger partial charge is 0.258 e. The number of nitrogens with zero attached hydrogens (tertiary/aromatic N) is 2. The van der Waals surface area contributed by atoms with Crippen LogP contribution < -0.4 is 15.0 Å². The number of amides is 2. The number of piperidine rings is 1. The lowest BCUT2D eigenvalue weighted by Crippen LogP contribution is -2.47. The summed E-state index contributed by atoms with van der Waals surface area (Å²) in [6.07, 6.45) is 2.36. The third-order valence-electron chi connectivity index (χ3n) is 5.49. The van der Waals surface area contributed by atoms with Crippen LogP contribution in [0.15, 0.2) is 48.5 Å². The Morgan fingerprint density at radius 2 is 1.73 bits per heavy atom. The number of carbonyl (C=O) groups excluding carboxylic acids is 2. The molecule has 2 amide bonds. The van der Waals surface area contributed by atoms with E-state index < -0.39 is 0 Å². The average Bonchev–Trinajstić information content (AvgIpc) is 2.78. The summed E-state index contributed by atoms with van der Waals surface area (Å²) in [5, 5.41) is 3.04. The van der Waals surface area contributed by atoms with Gasteiger partial charge in [-0.15, -0.1) is 0 Å². The highest BCUT2D eigenvalue weighted by atomic mass is 16.5. The third kappa shape index (κ3) is 5.53. The second-order valence-corrected chi connectivity index (χ2v) is 7.83. The number of aryl methyl sites for hydroxylation is 1. The minimum atomic E-state index is -0.120. The van der Waals surface area contributed by atoms with Crippen molar-refractivity contribution in [2.75, 3.05) is 38.7 Å². The fourth-order valence-corrected chi connectivity index (χ4v) is 3.66. The van der Waals surface area contributed by atoms with Crippen molar-refractivity contribution in [3.8, 4) is 5.75 Å². The van der Waals surface area contributed by atoms with Crippen molar-refractivity contribution in [3.63, 3.8) is 0 Å². The molecule has 0 bridgehead atoms. The van der Waals surface area contributed by atoms with Crippen molar-refractivity contribution in [1.29, 1.82) is 0 Å². The van der Waals surface area contributed by atoms with E-state index in [1.54, 1.807) is 0 Å². The highest BCUT2D eigenvalue weighted by molar-refractivity contribution is 5.94. The third-order valence-corrected chi connectivity index (χ3v) is 5.49. The van der Waals surface area contributed by atoms with Crippen molar-refractivity contribution in [1.82, 2.24) is 10.2 Å². The van der Waals surface area contributed by atoms with Gasteiger partial charge in [0.2, 0.25) is 0 Å². The van der Waals surface area contributed by atoms with E-state index in [9.17, 15) is 9.59 Å². The van der Waals surface area contributed by atoms with Gasteiger partial charge in [0.05, 0.1) is 0 Å². The summed E-state index contributed by atoms with van der Waals surface area (Å²) in [5.74, 6) is 0.686. The summed E-state index contributed by atoms with van der Waals surface area (Å²) in [4.78, 5) is 28.9. The van der Waals surface area contributed by atoms with E-state index in [1.165, 1.54) is 0 Å². The fourth-order valence-electron chi connectivity index (χ4n) is 3.66. The fraction of sp³-hybridized carbons (Fsp3) is 0.417. The molecule has 1 fully saturated rings. The number of benzene rings is 2. The molecule has 1 N–H and O–H groups in total. The zero-order chi connectivity index (χ0) is 21.5. The van der Waals surface area contributed by atoms with E-state index in [2.05, 4.69) is 12.2 Å². The van der Waals surface area contributed by atoms with Crippen LogP contribution in [0.1, 0.15) is 35.7 Å². The average molecular weight is 410 g/mol. The normalized spacial score (nSPS) is 14.3. The largest absolute Gasteiger partial charge is 0.483 e. The molecule has 1 saturated heterocycles. The van der Waals surface area contributed by atoms with E-state index in [-0.39, 0.29) is 24.5 Å². The number of carbonyl (C=O) groups is 2. The summed E-state index contributed by atoms with van der Waals surface area (Å²) in [7, 11) is 3.95. The van der Waals surface area contributed by atoms with E-state index in [0.717, 1.165) is 36.3 Å². The van der Waals surface area contributed by atoms with E-state index in [0.29, 0.717) is 18.7 Å². The van der Waals surface area contributed by atoms with Crippen LogP contribution >= 0.6 is 0 Å². The van der Waals surface area contributed by atoms with Crippen LogP contribution in [-0.4, -0.2) is 56.5 Å². The highest BCUT2D eigenvalue weighted by Gasteiger charge is 2.24. The number of hydrogen-bond donors (Lipinski definition) is 1. The molecule has 160 valence electrons. The van der Waals surface area contributed by atoms with Crippen molar-refractivity contribution in [2.45, 2.75) is 32.2 Å². The van der Waals surface area contributed by atoms with E-state index >= 15 is 0 Å². The van der Waals surface area contributed by atoms with E-state index in [1.807, 2.05) is 72.4 Å². The van der Waals surface area contributed by atoms with Gasteiger partial charge >= 0.3 is 0 Å². The molecule has 6 heteroatoms. The molecule has 0 unspecified atom stereocenters. The molecule has 0 spiro atoms. The van der Waals surface area contributed by atoms with E-state index in [4.69, 9.17) is 4.74 Å². The first-order valence-electron chi connectivity index (χ1n) is 10.5. The molecule has 0 aromatic heterocycles. The SMILES string of the molecule is CCc1ccccc1OCC(=O)NC1CCN(C(=O)c2ccc(N(C)C)cc2)CC1. The number of hydrogen-bond acceptors (Lipinski definition) is 4. The predicted molar refractivity (Wildman–Crippen MR) is 119 cm³/mol. The van der Waals surface area contributed by atoms with Crippen LogP contribution in [0.25, 0.3) is 0 Å². The van der Waals surface area contributed by atoms with Crippen molar-refractivity contribution >= 4 is 17.5 Å². The number of rotatable bonds is 7. The molecule has 1 aliphatic rings. The van der Waals surface area contributed by atoms with Gasteiger partial charge < -0.3 is 19.9 Å². The van der Waals surface area contributed by atoms with Crippen molar-refractivity contribution in [3.05, 3.63) is 59.7 Å². The lowest BCUT2D eigenvalue weighted by atomic mass is 10.0. The number of nitrogens with one attached hydrogen (secondary N) is 1. The molecule has 3 rings (SSSR count). The Hall–Kier alpha value is -3.02. The minimum absolute atomic E-state index is 0.00832. The maximum absolute atomic E-state index is 12.7. The molecule has 0 saturated carbocycles. The highest BCUT2D eigenvalue weighted by Crippen LogP contribution is 2.19. The molecule has 2 aromatic carbocycles. The van der Waals surface area contributed by atoms with Crippen LogP contribution in [0.4, 0.5) is 5.69 Å². The Labute approximate surface area is 178 Å². The van der Waals surface area contributed by atoms with Gasteiger partial charge in [-0.3, -0.25) is 9.59 Å². The topological polar surface area (TPSA) is 61.9 Å². The number of para-hydroxylation sites is 1. The molecule has 0 atom stereocenters. The molecule has 1 heterocycles. The monoisotopic (exact) mass is 409 g/mol. The van der Waals surface area contributed by atoms with Gasteiger partial charge in [-0.25, -0.2) is 0 Å². The van der Waals surface area contributed by atoms with Gasteiger partial charge in [0, 0.05) is 44.5 Å². The zero-order valence-electron chi connectivity index (χ0n) is 18.1. The summed E-state index contributed by atoms with van der Waals surface area (Å²) < 4.78 is 5.69. The maximum Gasteiger partial charge on any atom is 0.258 e. The summed E-state index contributed by atoms with van der Waals surface area (Å²) in [6.45, 7) is 3.35. The Morgan fingerprint density at radius 1 is 1.07 bits per heavy atom. The maximum atomic E-state index is 12.7. The Kier molecular flexibility index (Phi) is 7.33. The van der Waals surface area contributed by atoms with Crippen molar-refractivity contribution < 1.29 is 14.3 Å². The van der Waals surface area contributed by atoms with Crippen LogP contribution in [0, 0.1) is 0 Å². The van der Waals surface area contributed by atoms with Gasteiger partial charge in [-0.2, -0.15) is 0 Å². The Bertz CT molecular complexity index is 856. The first-order chi connectivity index (χ1) is 14.5. The molecule has 2 aromatic rings. The van der Waals surface area contributed by atoms with Gasteiger partial charge in [0.15, 0.2) is 6.61 Å². The first kappa shape index (κ1) is 21.7. The molecule has 0 radical (unpaired) electrons. The van der Waals surface area contributed by atoms with Crippen molar-refractivity contribution in [2.24, 2.45) is 0 Å². The van der Waals surface area contributed by atoms with Crippen LogP contribution in [0.5, 0.6) is 5.75 Å². The molecule has 6 nitrogen and oxygen atoms in total. The molecule has 1 aliphatic heterocycles. The molecular formula is C24H31N3O3. The van der Waals surface area contributed by atoms with Crippen LogP contribution in [0.2, 0.25) is 0 Å². The Balaban J connectivity index is 1.44. The molecular weight excluding hydrogens is 378 g/mol. The van der Waals surface area contributed by atoms with Gasteiger partial charge in [0.25, 0.3) is 11.8 Å². The van der Waals surface area contributed by atoms with Gasteiger partial charge in [-0.05, 0) is 55.2 Å². The number of likely N-dealkylation sites (tertiary alicyclic amines) is 1. The summed E-state index contributed by atoms with van der Waals surface area (Å²) in [6, 6.07) is 15.5. The summed E-state index contributed by atoms with van der Waals surface area (Å²) >= 11 is 0. The zero-order valence-corrected chi connectivity index (χ0v) is 18.1. The second-order valence-electron chi connectivity index (χ2n) is 7.83.